The van der Waals surface area contributed by atoms with E-state index in [4.69, 9.17) is 0 Å². The maximum absolute atomic E-state index is 2.37. The summed E-state index contributed by atoms with van der Waals surface area (Å²) in [5, 5.41) is 8.18. The van der Waals surface area contributed by atoms with Crippen molar-refractivity contribution in [3.63, 3.8) is 0 Å². The van der Waals surface area contributed by atoms with E-state index < -0.39 is 0 Å². The largest absolute Gasteiger partial charge is 0.0616 e. The van der Waals surface area contributed by atoms with Crippen LogP contribution in [0.1, 0.15) is 11.1 Å². The van der Waals surface area contributed by atoms with Gasteiger partial charge in [0.15, 0.2) is 0 Å². The molecule has 110 valence electrons. The van der Waals surface area contributed by atoms with Gasteiger partial charge in [-0.2, -0.15) is 0 Å². The summed E-state index contributed by atoms with van der Waals surface area (Å²) in [5.41, 5.74) is 5.45. The van der Waals surface area contributed by atoms with E-state index in [0.29, 0.717) is 0 Å². The molecule has 0 saturated heterocycles. The highest BCUT2D eigenvalue weighted by molar-refractivity contribution is 6.05. The van der Waals surface area contributed by atoms with Crippen LogP contribution in [0.5, 0.6) is 0 Å². The molecular weight excluding hydrogens is 288 g/mol. The highest BCUT2D eigenvalue weighted by Gasteiger charge is 2.19. The lowest BCUT2D eigenvalue weighted by atomic mass is 9.94. The molecule has 0 atom stereocenters. The van der Waals surface area contributed by atoms with Crippen LogP contribution < -0.4 is 10.4 Å². The molecule has 0 fully saturated rings. The summed E-state index contributed by atoms with van der Waals surface area (Å²) in [5.74, 6) is 0. The van der Waals surface area contributed by atoms with Crippen molar-refractivity contribution in [1.29, 1.82) is 0 Å². The monoisotopic (exact) mass is 302 g/mol. The zero-order valence-electron chi connectivity index (χ0n) is 13.1. The zero-order valence-corrected chi connectivity index (χ0v) is 13.1. The number of hydrogen-bond donors (Lipinski definition) is 0. The van der Waals surface area contributed by atoms with Crippen LogP contribution >= 0.6 is 0 Å². The van der Waals surface area contributed by atoms with E-state index in [9.17, 15) is 0 Å². The van der Waals surface area contributed by atoms with Crippen molar-refractivity contribution in [2.75, 3.05) is 0 Å². The summed E-state index contributed by atoms with van der Waals surface area (Å²) < 4.78 is 0. The van der Waals surface area contributed by atoms with Crippen LogP contribution in [0, 0.1) is 10.4 Å². The lowest BCUT2D eigenvalue weighted by Crippen LogP contribution is -2.07. The molecule has 0 radical (unpaired) electrons. The topological polar surface area (TPSA) is 0 Å². The fourth-order valence-electron chi connectivity index (χ4n) is 4.37. The summed E-state index contributed by atoms with van der Waals surface area (Å²) >= 11 is 0. The first kappa shape index (κ1) is 12.3. The van der Waals surface area contributed by atoms with E-state index in [1.807, 2.05) is 0 Å². The first-order valence-electron chi connectivity index (χ1n) is 8.39. The number of fused-ring (bicyclic) bond motifs is 9. The van der Waals surface area contributed by atoms with Crippen molar-refractivity contribution in [1.82, 2.24) is 0 Å². The molecule has 6 rings (SSSR count). The highest BCUT2D eigenvalue weighted by atomic mass is 14.2. The van der Waals surface area contributed by atoms with Gasteiger partial charge in [-0.05, 0) is 66.1 Å². The molecule has 4 aromatic rings. The van der Waals surface area contributed by atoms with Crippen molar-refractivity contribution in [3.8, 4) is 11.1 Å². The highest BCUT2D eigenvalue weighted by Crippen LogP contribution is 2.35. The van der Waals surface area contributed by atoms with Crippen molar-refractivity contribution in [2.45, 2.75) is 0 Å². The summed E-state index contributed by atoms with van der Waals surface area (Å²) in [6.07, 6.45) is 4.72. The molecule has 0 aromatic heterocycles. The molecule has 2 aliphatic carbocycles. The molecular formula is C24H14. The number of rotatable bonds is 0. The standard InChI is InChI=1S/C24H14/c1-4-10-18-15(7-1)13-21-19-11-5-6-12-20(19)23-17-9-3-2-8-16(17)14-22(23)24(18)21/h1-14H. The smallest absolute Gasteiger partial charge is 0.00197 e. The van der Waals surface area contributed by atoms with Gasteiger partial charge in [-0.1, -0.05) is 72.8 Å². The molecule has 0 nitrogen and oxygen atoms in total. The minimum Gasteiger partial charge on any atom is -0.0616 e. The first-order valence-corrected chi connectivity index (χ1v) is 8.39. The molecule has 0 N–H and O–H groups in total. The molecule has 0 spiro atoms. The van der Waals surface area contributed by atoms with Gasteiger partial charge in [-0.3, -0.25) is 0 Å². The van der Waals surface area contributed by atoms with Crippen LogP contribution in [-0.4, -0.2) is 0 Å². The second-order valence-corrected chi connectivity index (χ2v) is 6.59. The van der Waals surface area contributed by atoms with Gasteiger partial charge in [0.1, 0.15) is 0 Å². The van der Waals surface area contributed by atoms with Crippen LogP contribution in [0.4, 0.5) is 0 Å². The van der Waals surface area contributed by atoms with Gasteiger partial charge < -0.3 is 0 Å². The van der Waals surface area contributed by atoms with Gasteiger partial charge >= 0.3 is 0 Å². The molecule has 0 amide bonds. The average Bonchev–Trinajstić information content (AvgIpc) is 3.20. The lowest BCUT2D eigenvalue weighted by Gasteiger charge is -2.09. The van der Waals surface area contributed by atoms with Crippen molar-refractivity contribution in [3.05, 3.63) is 105 Å². The third-order valence-corrected chi connectivity index (χ3v) is 5.35. The Morgan fingerprint density at radius 3 is 2.29 bits per heavy atom. The molecule has 2 aliphatic rings. The molecule has 24 heavy (non-hydrogen) atoms. The quantitative estimate of drug-likeness (QED) is 0.397. The van der Waals surface area contributed by atoms with Crippen LogP contribution in [0.3, 0.4) is 0 Å². The SMILES string of the molecule is C1=c2ccccc2=c2c1c1ccccc1c1c2=Cc2ccccc2-1. The molecule has 0 heteroatoms. The predicted octanol–water partition coefficient (Wildman–Crippen LogP) is 4.08. The zero-order chi connectivity index (χ0) is 15.7. The number of benzene rings is 4. The Morgan fingerprint density at radius 2 is 1.33 bits per heavy atom. The predicted molar refractivity (Wildman–Crippen MR) is 99.9 cm³/mol. The molecule has 0 saturated carbocycles. The van der Waals surface area contributed by atoms with Crippen LogP contribution in [0.2, 0.25) is 0 Å². The first-order chi connectivity index (χ1) is 11.9. The molecule has 0 aliphatic heterocycles. The van der Waals surface area contributed by atoms with E-state index in [1.54, 1.807) is 0 Å². The number of hydrogen-bond acceptors (Lipinski definition) is 0. The summed E-state index contributed by atoms with van der Waals surface area (Å²) in [6, 6.07) is 26.3. The van der Waals surface area contributed by atoms with Crippen molar-refractivity contribution < 1.29 is 0 Å². The Morgan fingerprint density at radius 1 is 0.583 bits per heavy atom. The van der Waals surface area contributed by atoms with E-state index in [-0.39, 0.29) is 0 Å². The van der Waals surface area contributed by atoms with Gasteiger partial charge in [0.25, 0.3) is 0 Å². The fourth-order valence-corrected chi connectivity index (χ4v) is 4.37. The van der Waals surface area contributed by atoms with Crippen LogP contribution in [0.15, 0.2) is 72.8 Å². The maximum atomic E-state index is 2.37. The molecule has 4 aromatic carbocycles. The van der Waals surface area contributed by atoms with E-state index >= 15 is 0 Å². The van der Waals surface area contributed by atoms with Gasteiger partial charge in [-0.25, -0.2) is 0 Å². The Balaban J connectivity index is 2.02. The fraction of sp³-hybridized carbons (Fsp3) is 0. The van der Waals surface area contributed by atoms with Crippen LogP contribution in [0.25, 0.3) is 34.1 Å². The minimum absolute atomic E-state index is 1.33. The second-order valence-electron chi connectivity index (χ2n) is 6.59. The Hall–Kier alpha value is -3.12. The van der Waals surface area contributed by atoms with Gasteiger partial charge in [0.05, 0.1) is 0 Å². The summed E-state index contributed by atoms with van der Waals surface area (Å²) in [4.78, 5) is 0. The Labute approximate surface area is 139 Å². The molecule has 0 unspecified atom stereocenters. The summed E-state index contributed by atoms with van der Waals surface area (Å²) in [6.45, 7) is 0. The van der Waals surface area contributed by atoms with Crippen molar-refractivity contribution in [2.24, 2.45) is 0 Å². The van der Waals surface area contributed by atoms with E-state index in [2.05, 4.69) is 84.9 Å². The third-order valence-electron chi connectivity index (χ3n) is 5.35. The van der Waals surface area contributed by atoms with Crippen molar-refractivity contribution >= 4 is 22.9 Å². The Kier molecular flexibility index (Phi) is 2.18. The minimum atomic E-state index is 1.33. The normalized spacial score (nSPS) is 12.8. The van der Waals surface area contributed by atoms with E-state index in [1.165, 1.54) is 53.9 Å². The lowest BCUT2D eigenvalue weighted by molar-refractivity contribution is 1.46. The van der Waals surface area contributed by atoms with Gasteiger partial charge in [0, 0.05) is 0 Å². The Bertz CT molecular complexity index is 1390. The second kappa shape index (κ2) is 4.24. The third kappa shape index (κ3) is 1.39. The summed E-state index contributed by atoms with van der Waals surface area (Å²) in [7, 11) is 0. The van der Waals surface area contributed by atoms with Gasteiger partial charge in [-0.15, -0.1) is 0 Å². The average molecular weight is 302 g/mol. The van der Waals surface area contributed by atoms with Crippen LogP contribution in [-0.2, 0) is 0 Å². The maximum Gasteiger partial charge on any atom is -0.00197 e. The molecule has 0 heterocycles. The van der Waals surface area contributed by atoms with E-state index in [0.717, 1.165) is 0 Å². The van der Waals surface area contributed by atoms with Gasteiger partial charge in [0.2, 0.25) is 0 Å². The molecule has 0 bridgehead atoms.